The van der Waals surface area contributed by atoms with E-state index in [0.29, 0.717) is 5.69 Å². The Morgan fingerprint density at radius 1 is 1.37 bits per heavy atom. The van der Waals surface area contributed by atoms with Gasteiger partial charge in [-0.2, -0.15) is 5.26 Å². The fourth-order valence-electron chi connectivity index (χ4n) is 1.77. The van der Waals surface area contributed by atoms with Crippen LogP contribution in [0.2, 0.25) is 10.0 Å². The quantitative estimate of drug-likeness (QED) is 0.816. The van der Waals surface area contributed by atoms with Gasteiger partial charge in [0.2, 0.25) is 0 Å². The van der Waals surface area contributed by atoms with Crippen LogP contribution in [-0.4, -0.2) is 4.98 Å². The number of hydrogen-bond acceptors (Lipinski definition) is 2. The monoisotopic (exact) mass is 296 g/mol. The summed E-state index contributed by atoms with van der Waals surface area (Å²) in [7, 11) is 0. The van der Waals surface area contributed by atoms with E-state index in [1.807, 2.05) is 0 Å². The van der Waals surface area contributed by atoms with Gasteiger partial charge in [-0.05, 0) is 25.1 Å². The summed E-state index contributed by atoms with van der Waals surface area (Å²) in [6.07, 6.45) is 0. The summed E-state index contributed by atoms with van der Waals surface area (Å²) < 4.78 is 13.5. The Morgan fingerprint density at radius 2 is 2.05 bits per heavy atom. The van der Waals surface area contributed by atoms with Gasteiger partial charge in [0.05, 0.1) is 10.0 Å². The Labute approximate surface area is 118 Å². The van der Waals surface area contributed by atoms with E-state index in [-0.39, 0.29) is 26.7 Å². The van der Waals surface area contributed by atoms with Gasteiger partial charge in [-0.3, -0.25) is 4.79 Å². The van der Waals surface area contributed by atoms with Crippen LogP contribution in [0.4, 0.5) is 4.39 Å². The lowest BCUT2D eigenvalue weighted by atomic mass is 10.0. The van der Waals surface area contributed by atoms with E-state index in [0.717, 1.165) is 6.07 Å². The highest BCUT2D eigenvalue weighted by atomic mass is 35.5. The van der Waals surface area contributed by atoms with Crippen molar-refractivity contribution in [2.45, 2.75) is 6.92 Å². The van der Waals surface area contributed by atoms with E-state index in [1.54, 1.807) is 13.0 Å². The first-order valence-corrected chi connectivity index (χ1v) is 5.99. The Balaban J connectivity index is 2.92. The van der Waals surface area contributed by atoms with Crippen molar-refractivity contribution in [2.24, 2.45) is 0 Å². The second-order valence-electron chi connectivity index (χ2n) is 3.90. The second-order valence-corrected chi connectivity index (χ2v) is 4.69. The first-order valence-electron chi connectivity index (χ1n) is 5.23. The average molecular weight is 297 g/mol. The van der Waals surface area contributed by atoms with E-state index in [4.69, 9.17) is 28.5 Å². The molecule has 1 N–H and O–H groups in total. The van der Waals surface area contributed by atoms with E-state index in [9.17, 15) is 9.18 Å². The SMILES string of the molecule is Cc1cc(-c2c(Cl)ccc(F)c2Cl)c(C#N)c(=O)[nH]1. The van der Waals surface area contributed by atoms with Crippen molar-refractivity contribution in [1.29, 1.82) is 5.26 Å². The number of aromatic amines is 1. The summed E-state index contributed by atoms with van der Waals surface area (Å²) in [5, 5.41) is 9.01. The molecule has 0 unspecified atom stereocenters. The van der Waals surface area contributed by atoms with Crippen molar-refractivity contribution in [3.05, 3.63) is 55.7 Å². The lowest BCUT2D eigenvalue weighted by Gasteiger charge is -2.10. The summed E-state index contributed by atoms with van der Waals surface area (Å²) in [4.78, 5) is 14.2. The molecule has 0 fully saturated rings. The van der Waals surface area contributed by atoms with Crippen LogP contribution in [0.25, 0.3) is 11.1 Å². The molecule has 0 aliphatic heterocycles. The number of H-pyrrole nitrogens is 1. The maximum Gasteiger partial charge on any atom is 0.266 e. The normalized spacial score (nSPS) is 10.3. The summed E-state index contributed by atoms with van der Waals surface area (Å²) >= 11 is 11.9. The molecule has 2 rings (SSSR count). The van der Waals surface area contributed by atoms with Gasteiger partial charge < -0.3 is 4.98 Å². The van der Waals surface area contributed by atoms with Crippen LogP contribution in [0.1, 0.15) is 11.3 Å². The molecule has 0 aliphatic rings. The van der Waals surface area contributed by atoms with Gasteiger partial charge >= 0.3 is 0 Å². The second kappa shape index (κ2) is 5.04. The third kappa shape index (κ3) is 2.35. The summed E-state index contributed by atoms with van der Waals surface area (Å²) in [5.74, 6) is -0.664. The summed E-state index contributed by atoms with van der Waals surface area (Å²) in [6.45, 7) is 1.65. The zero-order valence-corrected chi connectivity index (χ0v) is 11.2. The molecule has 6 heteroatoms. The van der Waals surface area contributed by atoms with Gasteiger partial charge in [-0.15, -0.1) is 0 Å². The minimum Gasteiger partial charge on any atom is -0.325 e. The number of nitrogens with one attached hydrogen (secondary N) is 1. The van der Waals surface area contributed by atoms with Gasteiger partial charge in [-0.1, -0.05) is 23.2 Å². The van der Waals surface area contributed by atoms with Crippen molar-refractivity contribution in [2.75, 3.05) is 0 Å². The number of rotatable bonds is 1. The number of aryl methyl sites for hydroxylation is 1. The van der Waals surface area contributed by atoms with Crippen LogP contribution in [0, 0.1) is 24.1 Å². The molecule has 19 heavy (non-hydrogen) atoms. The van der Waals surface area contributed by atoms with Gasteiger partial charge in [0.25, 0.3) is 5.56 Å². The molecule has 2 aromatic rings. The van der Waals surface area contributed by atoms with Crippen LogP contribution < -0.4 is 5.56 Å². The summed E-state index contributed by atoms with van der Waals surface area (Å²) in [5.41, 5.74) is 0.177. The van der Waals surface area contributed by atoms with E-state index in [1.165, 1.54) is 12.1 Å². The molecule has 1 heterocycles. The zero-order valence-electron chi connectivity index (χ0n) is 9.72. The number of hydrogen-bond donors (Lipinski definition) is 1. The molecule has 0 amide bonds. The third-order valence-electron chi connectivity index (χ3n) is 2.59. The first kappa shape index (κ1) is 13.6. The molecule has 0 saturated heterocycles. The number of benzene rings is 1. The van der Waals surface area contributed by atoms with E-state index < -0.39 is 11.4 Å². The first-order chi connectivity index (χ1) is 8.95. The lowest BCUT2D eigenvalue weighted by molar-refractivity contribution is 0.629. The Hall–Kier alpha value is -1.83. The van der Waals surface area contributed by atoms with Crippen molar-refractivity contribution in [1.82, 2.24) is 4.98 Å². The summed E-state index contributed by atoms with van der Waals surface area (Å²) in [6, 6.07) is 5.77. The highest BCUT2D eigenvalue weighted by molar-refractivity contribution is 6.39. The molecular weight excluding hydrogens is 290 g/mol. The molecule has 1 aromatic heterocycles. The molecular formula is C13H7Cl2FN2O. The maximum atomic E-state index is 13.5. The molecule has 0 radical (unpaired) electrons. The lowest BCUT2D eigenvalue weighted by Crippen LogP contribution is -2.13. The van der Waals surface area contributed by atoms with Crippen LogP contribution in [-0.2, 0) is 0 Å². The Morgan fingerprint density at radius 3 is 2.68 bits per heavy atom. The fraction of sp³-hybridized carbons (Fsp3) is 0.0769. The van der Waals surface area contributed by atoms with Crippen LogP contribution in [0.15, 0.2) is 23.0 Å². The minimum absolute atomic E-state index is 0.147. The van der Waals surface area contributed by atoms with Crippen LogP contribution in [0.5, 0.6) is 0 Å². The predicted molar refractivity (Wildman–Crippen MR) is 71.9 cm³/mol. The fourth-order valence-corrected chi connectivity index (χ4v) is 2.35. The minimum atomic E-state index is -0.664. The zero-order chi connectivity index (χ0) is 14.2. The average Bonchev–Trinajstić information content (AvgIpc) is 2.34. The molecule has 96 valence electrons. The molecule has 3 nitrogen and oxygen atoms in total. The molecule has 0 atom stereocenters. The largest absolute Gasteiger partial charge is 0.325 e. The molecule has 0 spiro atoms. The Kier molecular flexibility index (Phi) is 3.61. The maximum absolute atomic E-state index is 13.5. The highest BCUT2D eigenvalue weighted by Gasteiger charge is 2.18. The highest BCUT2D eigenvalue weighted by Crippen LogP contribution is 2.37. The van der Waals surface area contributed by atoms with Gasteiger partial charge in [0.15, 0.2) is 0 Å². The predicted octanol–water partition coefficient (Wildman–Crippen LogP) is 3.67. The standard InChI is InChI=1S/C13H7Cl2FN2O/c1-6-4-7(8(5-17)13(19)18-6)11-9(14)2-3-10(16)12(11)15/h2-4H,1H3,(H,18,19). The number of pyridine rings is 1. The topological polar surface area (TPSA) is 56.6 Å². The van der Waals surface area contributed by atoms with Gasteiger partial charge in [0, 0.05) is 16.8 Å². The Bertz CT molecular complexity index is 762. The number of halogens is 3. The van der Waals surface area contributed by atoms with E-state index >= 15 is 0 Å². The number of nitrogens with zero attached hydrogens (tertiary/aromatic N) is 1. The van der Waals surface area contributed by atoms with Gasteiger partial charge in [-0.25, -0.2) is 4.39 Å². The van der Waals surface area contributed by atoms with Crippen molar-refractivity contribution >= 4 is 23.2 Å². The molecule has 0 bridgehead atoms. The molecule has 0 saturated carbocycles. The smallest absolute Gasteiger partial charge is 0.266 e. The molecule has 0 aliphatic carbocycles. The van der Waals surface area contributed by atoms with Crippen molar-refractivity contribution in [3.63, 3.8) is 0 Å². The van der Waals surface area contributed by atoms with E-state index in [2.05, 4.69) is 4.98 Å². The van der Waals surface area contributed by atoms with Crippen molar-refractivity contribution in [3.8, 4) is 17.2 Å². The van der Waals surface area contributed by atoms with Crippen molar-refractivity contribution < 1.29 is 4.39 Å². The van der Waals surface area contributed by atoms with Crippen LogP contribution >= 0.6 is 23.2 Å². The number of aromatic nitrogens is 1. The third-order valence-corrected chi connectivity index (χ3v) is 3.28. The van der Waals surface area contributed by atoms with Gasteiger partial charge in [0.1, 0.15) is 17.4 Å². The number of nitriles is 1. The van der Waals surface area contributed by atoms with Crippen LogP contribution in [0.3, 0.4) is 0 Å². The molecule has 1 aromatic carbocycles.